The lowest BCUT2D eigenvalue weighted by Gasteiger charge is -2.14. The zero-order chi connectivity index (χ0) is 17.4. The third-order valence-corrected chi connectivity index (χ3v) is 3.01. The van der Waals surface area contributed by atoms with Gasteiger partial charge in [-0.3, -0.25) is 0 Å². The molecule has 0 saturated heterocycles. The van der Waals surface area contributed by atoms with Crippen molar-refractivity contribution >= 4 is 11.6 Å². The molecule has 1 heterocycles. The largest absolute Gasteiger partial charge is 0.493 e. The summed E-state index contributed by atoms with van der Waals surface area (Å²) in [6, 6.07) is 5.61. The van der Waals surface area contributed by atoms with Gasteiger partial charge in [0, 0.05) is 18.3 Å². The maximum atomic E-state index is 5.52. The number of hydrogen-bond donors (Lipinski definition) is 2. The summed E-state index contributed by atoms with van der Waals surface area (Å²) in [5, 5.41) is 10.1. The van der Waals surface area contributed by atoms with Crippen LogP contribution in [0.15, 0.2) is 27.7 Å². The number of nitrogens with one attached hydrogen (secondary N) is 2. The van der Waals surface area contributed by atoms with Gasteiger partial charge in [0.15, 0.2) is 23.3 Å². The fourth-order valence-electron chi connectivity index (χ4n) is 2.01. The first-order valence-corrected chi connectivity index (χ1v) is 7.81. The van der Waals surface area contributed by atoms with Crippen LogP contribution < -0.4 is 20.1 Å². The molecule has 130 valence electrons. The van der Waals surface area contributed by atoms with Crippen molar-refractivity contribution in [2.75, 3.05) is 25.6 Å². The van der Waals surface area contributed by atoms with E-state index < -0.39 is 0 Å². The van der Waals surface area contributed by atoms with Gasteiger partial charge in [-0.2, -0.15) is 4.98 Å². The van der Waals surface area contributed by atoms with Crippen molar-refractivity contribution in [3.63, 3.8) is 0 Å². The SMILES string of the molecule is CCNC(=NCc1nc(C)no1)Nc1ccc(OCC)c(OC)c1. The first kappa shape index (κ1) is 17.6. The lowest BCUT2D eigenvalue weighted by molar-refractivity contribution is 0.311. The zero-order valence-corrected chi connectivity index (χ0v) is 14.4. The number of rotatable bonds is 7. The number of nitrogens with zero attached hydrogens (tertiary/aromatic N) is 3. The maximum Gasteiger partial charge on any atom is 0.248 e. The molecule has 0 spiro atoms. The molecule has 8 nitrogen and oxygen atoms in total. The summed E-state index contributed by atoms with van der Waals surface area (Å²) in [6.07, 6.45) is 0. The Morgan fingerprint density at radius 2 is 2.12 bits per heavy atom. The minimum atomic E-state index is 0.296. The van der Waals surface area contributed by atoms with Gasteiger partial charge in [-0.1, -0.05) is 5.16 Å². The topological polar surface area (TPSA) is 93.8 Å². The highest BCUT2D eigenvalue weighted by atomic mass is 16.5. The number of aryl methyl sites for hydroxylation is 1. The molecule has 0 radical (unpaired) electrons. The van der Waals surface area contributed by atoms with Crippen LogP contribution >= 0.6 is 0 Å². The number of anilines is 1. The standard InChI is InChI=1S/C16H23N5O3/c1-5-17-16(18-10-15-19-11(3)21-24-15)20-12-7-8-13(23-6-2)14(9-12)22-4/h7-9H,5-6,10H2,1-4H3,(H2,17,18,20). The Morgan fingerprint density at radius 1 is 1.29 bits per heavy atom. The van der Waals surface area contributed by atoms with Crippen LogP contribution in [0.4, 0.5) is 5.69 Å². The van der Waals surface area contributed by atoms with E-state index in [0.29, 0.717) is 42.3 Å². The molecule has 2 aromatic rings. The van der Waals surface area contributed by atoms with Crippen molar-refractivity contribution in [2.24, 2.45) is 4.99 Å². The summed E-state index contributed by atoms with van der Waals surface area (Å²) in [4.78, 5) is 8.56. The van der Waals surface area contributed by atoms with Crippen LogP contribution in [-0.2, 0) is 6.54 Å². The molecule has 24 heavy (non-hydrogen) atoms. The predicted molar refractivity (Wildman–Crippen MR) is 91.6 cm³/mol. The number of aliphatic imine (C=N–C) groups is 1. The highest BCUT2D eigenvalue weighted by Gasteiger charge is 2.08. The molecule has 1 aromatic carbocycles. The van der Waals surface area contributed by atoms with Gasteiger partial charge in [-0.05, 0) is 32.9 Å². The smallest absolute Gasteiger partial charge is 0.248 e. The first-order chi connectivity index (χ1) is 11.7. The molecule has 8 heteroatoms. The van der Waals surface area contributed by atoms with E-state index in [0.717, 1.165) is 12.2 Å². The van der Waals surface area contributed by atoms with Gasteiger partial charge in [0.05, 0.1) is 13.7 Å². The molecule has 2 rings (SSSR count). The number of hydrogen-bond acceptors (Lipinski definition) is 6. The van der Waals surface area contributed by atoms with Crippen LogP contribution in [-0.4, -0.2) is 36.4 Å². The van der Waals surface area contributed by atoms with E-state index in [1.165, 1.54) is 0 Å². The average Bonchev–Trinajstić information content (AvgIpc) is 3.00. The molecular weight excluding hydrogens is 310 g/mol. The molecule has 0 amide bonds. The van der Waals surface area contributed by atoms with Crippen molar-refractivity contribution in [1.29, 1.82) is 0 Å². The zero-order valence-electron chi connectivity index (χ0n) is 14.4. The molecule has 1 aromatic heterocycles. The van der Waals surface area contributed by atoms with Gasteiger partial charge in [-0.15, -0.1) is 0 Å². The predicted octanol–water partition coefficient (Wildman–Crippen LogP) is 2.36. The van der Waals surface area contributed by atoms with E-state index in [2.05, 4.69) is 25.8 Å². The van der Waals surface area contributed by atoms with Gasteiger partial charge in [0.1, 0.15) is 6.54 Å². The molecule has 0 aliphatic heterocycles. The third kappa shape index (κ3) is 4.87. The van der Waals surface area contributed by atoms with E-state index in [1.54, 1.807) is 14.0 Å². The molecule has 0 aliphatic carbocycles. The lowest BCUT2D eigenvalue weighted by atomic mass is 10.2. The third-order valence-electron chi connectivity index (χ3n) is 3.01. The van der Waals surface area contributed by atoms with Gasteiger partial charge in [0.25, 0.3) is 0 Å². The fraction of sp³-hybridized carbons (Fsp3) is 0.438. The summed E-state index contributed by atoms with van der Waals surface area (Å²) in [5.41, 5.74) is 0.830. The fourth-order valence-corrected chi connectivity index (χ4v) is 2.01. The summed E-state index contributed by atoms with van der Waals surface area (Å²) >= 11 is 0. The van der Waals surface area contributed by atoms with Crippen molar-refractivity contribution in [2.45, 2.75) is 27.3 Å². The van der Waals surface area contributed by atoms with Crippen LogP contribution in [0.2, 0.25) is 0 Å². The first-order valence-electron chi connectivity index (χ1n) is 7.81. The maximum absolute atomic E-state index is 5.52. The Morgan fingerprint density at radius 3 is 2.75 bits per heavy atom. The molecule has 0 unspecified atom stereocenters. The normalized spacial score (nSPS) is 11.2. The van der Waals surface area contributed by atoms with Crippen LogP contribution in [0.5, 0.6) is 11.5 Å². The van der Waals surface area contributed by atoms with Crippen LogP contribution in [0.1, 0.15) is 25.6 Å². The molecule has 0 atom stereocenters. The van der Waals surface area contributed by atoms with Crippen LogP contribution in [0.3, 0.4) is 0 Å². The summed E-state index contributed by atoms with van der Waals surface area (Å²) in [6.45, 7) is 7.30. The Labute approximate surface area is 141 Å². The summed E-state index contributed by atoms with van der Waals surface area (Å²) in [7, 11) is 1.61. The Hall–Kier alpha value is -2.77. The molecule has 0 saturated carbocycles. The van der Waals surface area contributed by atoms with Gasteiger partial charge in [-0.25, -0.2) is 4.99 Å². The second-order valence-electron chi connectivity index (χ2n) is 4.85. The molecule has 2 N–H and O–H groups in total. The molecule has 0 aliphatic rings. The minimum absolute atomic E-state index is 0.296. The Balaban J connectivity index is 2.11. The number of methoxy groups -OCH3 is 1. The highest BCUT2D eigenvalue weighted by molar-refractivity contribution is 5.93. The highest BCUT2D eigenvalue weighted by Crippen LogP contribution is 2.30. The quantitative estimate of drug-likeness (QED) is 0.593. The Bertz CT molecular complexity index is 684. The van der Waals surface area contributed by atoms with Gasteiger partial charge < -0.3 is 24.6 Å². The minimum Gasteiger partial charge on any atom is -0.493 e. The van der Waals surface area contributed by atoms with Crippen molar-refractivity contribution in [1.82, 2.24) is 15.5 Å². The van der Waals surface area contributed by atoms with E-state index in [4.69, 9.17) is 14.0 Å². The van der Waals surface area contributed by atoms with Crippen molar-refractivity contribution < 1.29 is 14.0 Å². The average molecular weight is 333 g/mol. The summed E-state index contributed by atoms with van der Waals surface area (Å²) < 4.78 is 15.9. The molecule has 0 bridgehead atoms. The van der Waals surface area contributed by atoms with Crippen LogP contribution in [0, 0.1) is 6.92 Å². The molecule has 0 fully saturated rings. The number of ether oxygens (including phenoxy) is 2. The number of benzene rings is 1. The van der Waals surface area contributed by atoms with Crippen molar-refractivity contribution in [3.8, 4) is 11.5 Å². The van der Waals surface area contributed by atoms with E-state index in [9.17, 15) is 0 Å². The van der Waals surface area contributed by atoms with E-state index >= 15 is 0 Å². The van der Waals surface area contributed by atoms with Crippen molar-refractivity contribution in [3.05, 3.63) is 29.9 Å². The monoisotopic (exact) mass is 333 g/mol. The van der Waals surface area contributed by atoms with E-state index in [1.807, 2.05) is 32.0 Å². The second kappa shape index (κ2) is 8.76. The second-order valence-corrected chi connectivity index (χ2v) is 4.85. The Kier molecular flexibility index (Phi) is 6.41. The number of guanidine groups is 1. The number of aromatic nitrogens is 2. The lowest BCUT2D eigenvalue weighted by Crippen LogP contribution is -2.30. The summed E-state index contributed by atoms with van der Waals surface area (Å²) in [5.74, 6) is 3.03. The molecular formula is C16H23N5O3. The van der Waals surface area contributed by atoms with Gasteiger partial charge in [0.2, 0.25) is 5.89 Å². The van der Waals surface area contributed by atoms with Gasteiger partial charge >= 0.3 is 0 Å². The van der Waals surface area contributed by atoms with Crippen LogP contribution in [0.25, 0.3) is 0 Å². The van der Waals surface area contributed by atoms with E-state index in [-0.39, 0.29) is 0 Å².